The van der Waals surface area contributed by atoms with Gasteiger partial charge in [0.05, 0.1) is 50.6 Å². The highest BCUT2D eigenvalue weighted by Crippen LogP contribution is 2.33. The highest BCUT2D eigenvalue weighted by atomic mass is 32.1. The van der Waals surface area contributed by atoms with E-state index in [2.05, 4.69) is 5.10 Å². The molecule has 7 nitrogen and oxygen atoms in total. The first kappa shape index (κ1) is 20.7. The summed E-state index contributed by atoms with van der Waals surface area (Å²) in [6.07, 6.45) is 0. The highest BCUT2D eigenvalue weighted by molar-refractivity contribution is 7.22. The summed E-state index contributed by atoms with van der Waals surface area (Å²) in [5, 5.41) is 7.95. The zero-order chi connectivity index (χ0) is 22.2. The molecule has 5 rings (SSSR count). The minimum Gasteiger partial charge on any atom is -0.383 e. The molecule has 0 fully saturated rings. The summed E-state index contributed by atoms with van der Waals surface area (Å²) in [5.74, 6) is -0.137. The smallest absolute Gasteiger partial charge is 0.261 e. The average molecular weight is 464 g/mol. The monoisotopic (exact) mass is 463 g/mol. The molecule has 0 unspecified atom stereocenters. The van der Waals surface area contributed by atoms with Gasteiger partial charge in [-0.1, -0.05) is 29.5 Å². The summed E-state index contributed by atoms with van der Waals surface area (Å²) >= 11 is 3.09. The van der Waals surface area contributed by atoms with Crippen LogP contribution in [0.2, 0.25) is 0 Å². The molecule has 5 aromatic rings. The Morgan fingerprint density at radius 1 is 1.19 bits per heavy atom. The van der Waals surface area contributed by atoms with Gasteiger partial charge in [-0.05, 0) is 36.6 Å². The number of thiazole rings is 1. The first-order chi connectivity index (χ1) is 15.6. The Kier molecular flexibility index (Phi) is 5.46. The van der Waals surface area contributed by atoms with E-state index in [0.717, 1.165) is 31.9 Å². The first-order valence-electron chi connectivity index (χ1n) is 10.1. The fourth-order valence-electron chi connectivity index (χ4n) is 3.75. The van der Waals surface area contributed by atoms with E-state index in [1.54, 1.807) is 28.0 Å². The van der Waals surface area contributed by atoms with Gasteiger partial charge in [-0.2, -0.15) is 5.10 Å². The van der Waals surface area contributed by atoms with Crippen molar-refractivity contribution in [2.45, 2.75) is 6.92 Å². The second-order valence-electron chi connectivity index (χ2n) is 7.35. The summed E-state index contributed by atoms with van der Waals surface area (Å²) < 4.78 is 8.08. The van der Waals surface area contributed by atoms with Crippen LogP contribution in [0.1, 0.15) is 16.1 Å². The van der Waals surface area contributed by atoms with Gasteiger partial charge >= 0.3 is 0 Å². The van der Waals surface area contributed by atoms with E-state index < -0.39 is 0 Å². The first-order valence-corrected chi connectivity index (χ1v) is 11.8. The summed E-state index contributed by atoms with van der Waals surface area (Å²) in [5.41, 5.74) is 3.66. The molecular weight excluding hydrogens is 442 g/mol. The summed E-state index contributed by atoms with van der Waals surface area (Å²) in [7, 11) is 3.48. The lowest BCUT2D eigenvalue weighted by Crippen LogP contribution is -2.34. The Balaban J connectivity index is 1.68. The molecule has 0 atom stereocenters. The van der Waals surface area contributed by atoms with Crippen molar-refractivity contribution in [1.29, 1.82) is 0 Å². The lowest BCUT2D eigenvalue weighted by molar-refractivity contribution is 0.0977. The number of ether oxygens (including phenoxy) is 1. The third-order valence-electron chi connectivity index (χ3n) is 5.25. The molecule has 4 heterocycles. The van der Waals surface area contributed by atoms with Gasteiger partial charge in [0.2, 0.25) is 0 Å². The summed E-state index contributed by atoms with van der Waals surface area (Å²) in [4.78, 5) is 26.2. The van der Waals surface area contributed by atoms with Gasteiger partial charge in [-0.3, -0.25) is 14.4 Å². The Morgan fingerprint density at radius 3 is 2.78 bits per heavy atom. The van der Waals surface area contributed by atoms with Crippen LogP contribution in [0.25, 0.3) is 31.8 Å². The highest BCUT2D eigenvalue weighted by Gasteiger charge is 2.26. The number of amides is 1. The van der Waals surface area contributed by atoms with E-state index >= 15 is 0 Å². The van der Waals surface area contributed by atoms with Crippen LogP contribution < -0.4 is 4.90 Å². The van der Waals surface area contributed by atoms with Crippen LogP contribution in [0, 0.1) is 6.92 Å². The van der Waals surface area contributed by atoms with E-state index in [1.807, 2.05) is 61.8 Å². The van der Waals surface area contributed by atoms with Crippen LogP contribution in [-0.4, -0.2) is 45.9 Å². The van der Waals surface area contributed by atoms with Crippen molar-refractivity contribution >= 4 is 55.0 Å². The fraction of sp³-hybridized carbons (Fsp3) is 0.217. The van der Waals surface area contributed by atoms with Gasteiger partial charge < -0.3 is 4.74 Å². The van der Waals surface area contributed by atoms with Crippen molar-refractivity contribution in [2.75, 3.05) is 25.2 Å². The van der Waals surface area contributed by atoms with Crippen molar-refractivity contribution in [1.82, 2.24) is 19.7 Å². The van der Waals surface area contributed by atoms with E-state index in [1.165, 1.54) is 11.3 Å². The van der Waals surface area contributed by atoms with Crippen molar-refractivity contribution in [3.05, 3.63) is 59.1 Å². The molecule has 4 aromatic heterocycles. The van der Waals surface area contributed by atoms with Crippen LogP contribution in [0.3, 0.4) is 0 Å². The number of fused-ring (bicyclic) bond motifs is 2. The molecule has 162 valence electrons. The number of nitrogens with zero attached hydrogens (tertiary/aromatic N) is 5. The number of anilines is 1. The van der Waals surface area contributed by atoms with Crippen LogP contribution in [0.5, 0.6) is 0 Å². The number of para-hydroxylation sites is 1. The number of hydrogen-bond acceptors (Lipinski definition) is 7. The predicted octanol–water partition coefficient (Wildman–Crippen LogP) is 4.91. The molecule has 9 heteroatoms. The van der Waals surface area contributed by atoms with Gasteiger partial charge in [-0.25, -0.2) is 9.97 Å². The third-order valence-corrected chi connectivity index (χ3v) is 7.20. The maximum absolute atomic E-state index is 14.0. The lowest BCUT2D eigenvalue weighted by Gasteiger charge is -2.20. The number of benzene rings is 1. The molecule has 1 aromatic carbocycles. The molecule has 0 bridgehead atoms. The number of carbonyl (C=O) groups excluding carboxylic acids is 1. The second kappa shape index (κ2) is 8.42. The Bertz CT molecular complexity index is 1390. The molecule has 0 spiro atoms. The minimum atomic E-state index is -0.137. The maximum Gasteiger partial charge on any atom is 0.261 e. The molecule has 0 aliphatic heterocycles. The van der Waals surface area contributed by atoms with Gasteiger partial charge in [0, 0.05) is 14.2 Å². The Labute approximate surface area is 192 Å². The molecule has 0 radical (unpaired) electrons. The maximum atomic E-state index is 14.0. The number of aromatic nitrogens is 4. The zero-order valence-corrected chi connectivity index (χ0v) is 19.5. The molecule has 1 amide bonds. The number of hydrogen-bond donors (Lipinski definition) is 0. The SMILES string of the molecule is COCCN(C(=O)c1cc(-c2cccs2)nc2c1c(C)nn2C)c1nc2ccccc2s1. The quantitative estimate of drug-likeness (QED) is 0.358. The number of carbonyl (C=O) groups is 1. The minimum absolute atomic E-state index is 0.137. The van der Waals surface area contributed by atoms with E-state index in [-0.39, 0.29) is 5.91 Å². The summed E-state index contributed by atoms with van der Waals surface area (Å²) in [6, 6.07) is 13.8. The van der Waals surface area contributed by atoms with Crippen LogP contribution in [-0.2, 0) is 11.8 Å². The largest absolute Gasteiger partial charge is 0.383 e. The van der Waals surface area contributed by atoms with E-state index in [4.69, 9.17) is 14.7 Å². The van der Waals surface area contributed by atoms with E-state index in [0.29, 0.717) is 29.5 Å². The van der Waals surface area contributed by atoms with Crippen LogP contribution in [0.4, 0.5) is 5.13 Å². The van der Waals surface area contributed by atoms with Crippen LogP contribution in [0.15, 0.2) is 47.8 Å². The topological polar surface area (TPSA) is 73.1 Å². The third kappa shape index (κ3) is 3.58. The van der Waals surface area contributed by atoms with Crippen molar-refractivity contribution in [3.63, 3.8) is 0 Å². The molecular formula is C23H21N5O2S2. The average Bonchev–Trinajstić information content (AvgIpc) is 3.53. The second-order valence-corrected chi connectivity index (χ2v) is 9.31. The molecule has 0 saturated heterocycles. The number of pyridine rings is 1. The lowest BCUT2D eigenvalue weighted by atomic mass is 10.1. The summed E-state index contributed by atoms with van der Waals surface area (Å²) in [6.45, 7) is 2.70. The van der Waals surface area contributed by atoms with Gasteiger partial charge in [0.1, 0.15) is 0 Å². The number of rotatable bonds is 6. The molecule has 0 aliphatic carbocycles. The van der Waals surface area contributed by atoms with E-state index in [9.17, 15) is 4.79 Å². The van der Waals surface area contributed by atoms with Crippen LogP contribution >= 0.6 is 22.7 Å². The van der Waals surface area contributed by atoms with Gasteiger partial charge in [-0.15, -0.1) is 11.3 Å². The molecule has 0 aliphatic rings. The normalized spacial score (nSPS) is 11.5. The number of aryl methyl sites for hydroxylation is 2. The van der Waals surface area contributed by atoms with Gasteiger partial charge in [0.25, 0.3) is 5.91 Å². The molecule has 32 heavy (non-hydrogen) atoms. The molecule has 0 saturated carbocycles. The molecule has 0 N–H and O–H groups in total. The van der Waals surface area contributed by atoms with Crippen molar-refractivity contribution < 1.29 is 9.53 Å². The predicted molar refractivity (Wildman–Crippen MR) is 130 cm³/mol. The zero-order valence-electron chi connectivity index (χ0n) is 17.9. The Morgan fingerprint density at radius 2 is 2.03 bits per heavy atom. The standard InChI is InChI=1S/C23H21N5O2S2/c1-14-20-15(13-17(18-9-6-12-31-18)24-21(20)27(2)26-14)22(29)28(10-11-30-3)23-25-16-7-4-5-8-19(16)32-23/h4-9,12-13H,10-11H2,1-3H3. The number of thiophene rings is 1. The van der Waals surface area contributed by atoms with Crippen molar-refractivity contribution in [3.8, 4) is 10.6 Å². The van der Waals surface area contributed by atoms with Crippen molar-refractivity contribution in [2.24, 2.45) is 7.05 Å². The fourth-order valence-corrected chi connectivity index (χ4v) is 5.43. The van der Waals surface area contributed by atoms with Gasteiger partial charge in [0.15, 0.2) is 10.8 Å². The number of methoxy groups -OCH3 is 1. The Hall–Kier alpha value is -3.14.